The van der Waals surface area contributed by atoms with Crippen LogP contribution in [0.2, 0.25) is 0 Å². The first-order valence-electron chi connectivity index (χ1n) is 6.30. The van der Waals surface area contributed by atoms with Gasteiger partial charge in [0.25, 0.3) is 0 Å². The summed E-state index contributed by atoms with van der Waals surface area (Å²) in [5, 5.41) is 0.285. The summed E-state index contributed by atoms with van der Waals surface area (Å²) in [4.78, 5) is 1.21. The number of methoxy groups -OCH3 is 1. The number of nitrogens with two attached hydrogens (primary N) is 1. The number of rotatable bonds is 5. The minimum absolute atomic E-state index is 0.285. The van der Waals surface area contributed by atoms with E-state index >= 15 is 0 Å². The van der Waals surface area contributed by atoms with Crippen molar-refractivity contribution in [1.82, 2.24) is 0 Å². The summed E-state index contributed by atoms with van der Waals surface area (Å²) in [6.07, 6.45) is 0. The lowest BCUT2D eigenvalue weighted by Gasteiger charge is -2.15. The van der Waals surface area contributed by atoms with Gasteiger partial charge in [-0.1, -0.05) is 29.8 Å². The molecule has 0 fully saturated rings. The Balaban J connectivity index is 2.14. The van der Waals surface area contributed by atoms with Gasteiger partial charge in [0.1, 0.15) is 5.75 Å². The Bertz CT molecular complexity index is 525. The van der Waals surface area contributed by atoms with Crippen molar-refractivity contribution < 1.29 is 4.74 Å². The fraction of sp³-hybridized carbons (Fsp3) is 0.250. The molecule has 2 aromatic carbocycles. The Hall–Kier alpha value is -1.45. The van der Waals surface area contributed by atoms with Crippen LogP contribution in [0.15, 0.2) is 53.4 Å². The molecule has 19 heavy (non-hydrogen) atoms. The lowest BCUT2D eigenvalue weighted by Crippen LogP contribution is -2.09. The molecule has 0 aromatic heterocycles. The van der Waals surface area contributed by atoms with Crippen molar-refractivity contribution in [3.05, 3.63) is 59.7 Å². The Morgan fingerprint density at radius 1 is 1.16 bits per heavy atom. The Kier molecular flexibility index (Phi) is 4.88. The SMILES string of the molecule is COc1ccc(SC(CN)c2cccc(C)c2)cc1. The molecule has 100 valence electrons. The molecule has 1 unspecified atom stereocenters. The highest BCUT2D eigenvalue weighted by atomic mass is 32.2. The normalized spacial score (nSPS) is 12.2. The topological polar surface area (TPSA) is 35.2 Å². The van der Waals surface area contributed by atoms with Gasteiger partial charge in [-0.25, -0.2) is 0 Å². The molecular formula is C16H19NOS. The molecule has 2 rings (SSSR count). The highest BCUT2D eigenvalue weighted by molar-refractivity contribution is 7.99. The summed E-state index contributed by atoms with van der Waals surface area (Å²) in [6.45, 7) is 2.73. The second-order valence-corrected chi connectivity index (χ2v) is 5.71. The number of hydrogen-bond donors (Lipinski definition) is 1. The van der Waals surface area contributed by atoms with Gasteiger partial charge in [0.2, 0.25) is 0 Å². The van der Waals surface area contributed by atoms with E-state index in [4.69, 9.17) is 10.5 Å². The van der Waals surface area contributed by atoms with Gasteiger partial charge in [-0.15, -0.1) is 11.8 Å². The third-order valence-corrected chi connectivity index (χ3v) is 4.26. The van der Waals surface area contributed by atoms with Crippen LogP contribution in [0.5, 0.6) is 5.75 Å². The van der Waals surface area contributed by atoms with Crippen molar-refractivity contribution in [2.75, 3.05) is 13.7 Å². The van der Waals surface area contributed by atoms with Crippen LogP contribution in [0.25, 0.3) is 0 Å². The molecule has 0 spiro atoms. The van der Waals surface area contributed by atoms with Gasteiger partial charge < -0.3 is 10.5 Å². The van der Waals surface area contributed by atoms with Crippen LogP contribution in [0, 0.1) is 6.92 Å². The van der Waals surface area contributed by atoms with Crippen LogP contribution < -0.4 is 10.5 Å². The lowest BCUT2D eigenvalue weighted by atomic mass is 10.1. The zero-order valence-corrected chi connectivity index (χ0v) is 12.1. The fourth-order valence-electron chi connectivity index (χ4n) is 1.94. The van der Waals surface area contributed by atoms with Gasteiger partial charge in [-0.3, -0.25) is 0 Å². The summed E-state index contributed by atoms with van der Waals surface area (Å²) in [5.74, 6) is 0.879. The number of hydrogen-bond acceptors (Lipinski definition) is 3. The summed E-state index contributed by atoms with van der Waals surface area (Å²) in [5.41, 5.74) is 8.46. The molecular weight excluding hydrogens is 254 g/mol. The molecule has 2 N–H and O–H groups in total. The van der Waals surface area contributed by atoms with Gasteiger partial charge in [0.15, 0.2) is 0 Å². The summed E-state index contributed by atoms with van der Waals surface area (Å²) in [6, 6.07) is 16.6. The quantitative estimate of drug-likeness (QED) is 0.842. The molecule has 2 nitrogen and oxygen atoms in total. The average molecular weight is 273 g/mol. The van der Waals surface area contributed by atoms with Crippen molar-refractivity contribution in [2.24, 2.45) is 5.73 Å². The average Bonchev–Trinajstić information content (AvgIpc) is 2.45. The van der Waals surface area contributed by atoms with E-state index in [1.54, 1.807) is 18.9 Å². The smallest absolute Gasteiger partial charge is 0.118 e. The van der Waals surface area contributed by atoms with Gasteiger partial charge in [-0.2, -0.15) is 0 Å². The number of benzene rings is 2. The minimum Gasteiger partial charge on any atom is -0.497 e. The second kappa shape index (κ2) is 6.64. The largest absolute Gasteiger partial charge is 0.497 e. The zero-order chi connectivity index (χ0) is 13.7. The Morgan fingerprint density at radius 3 is 2.47 bits per heavy atom. The molecule has 0 aliphatic carbocycles. The van der Waals surface area contributed by atoms with Gasteiger partial charge in [0.05, 0.1) is 7.11 Å². The monoisotopic (exact) mass is 273 g/mol. The maximum absolute atomic E-state index is 5.91. The first kappa shape index (κ1) is 14.0. The molecule has 0 saturated heterocycles. The van der Waals surface area contributed by atoms with E-state index in [-0.39, 0.29) is 5.25 Å². The minimum atomic E-state index is 0.285. The molecule has 0 heterocycles. The van der Waals surface area contributed by atoms with Crippen LogP contribution in [0.4, 0.5) is 0 Å². The third kappa shape index (κ3) is 3.75. The molecule has 3 heteroatoms. The van der Waals surface area contributed by atoms with Crippen LogP contribution in [0.3, 0.4) is 0 Å². The van der Waals surface area contributed by atoms with Crippen molar-refractivity contribution in [3.8, 4) is 5.75 Å². The standard InChI is InChI=1S/C16H19NOS/c1-12-4-3-5-13(10-12)16(11-17)19-15-8-6-14(18-2)7-9-15/h3-10,16H,11,17H2,1-2H3. The van der Waals surface area contributed by atoms with E-state index in [1.807, 2.05) is 12.1 Å². The highest BCUT2D eigenvalue weighted by Gasteiger charge is 2.11. The second-order valence-electron chi connectivity index (χ2n) is 4.43. The summed E-state index contributed by atoms with van der Waals surface area (Å²) in [7, 11) is 1.68. The summed E-state index contributed by atoms with van der Waals surface area (Å²) < 4.78 is 5.17. The number of ether oxygens (including phenoxy) is 1. The van der Waals surface area contributed by atoms with E-state index < -0.39 is 0 Å². The van der Waals surface area contributed by atoms with Crippen LogP contribution in [-0.4, -0.2) is 13.7 Å². The molecule has 0 amide bonds. The van der Waals surface area contributed by atoms with Crippen LogP contribution >= 0.6 is 11.8 Å². The zero-order valence-electron chi connectivity index (χ0n) is 11.3. The van der Waals surface area contributed by atoms with Crippen molar-refractivity contribution in [1.29, 1.82) is 0 Å². The van der Waals surface area contributed by atoms with E-state index in [9.17, 15) is 0 Å². The van der Waals surface area contributed by atoms with Gasteiger partial charge in [0, 0.05) is 16.7 Å². The summed E-state index contributed by atoms with van der Waals surface area (Å²) >= 11 is 1.79. The van der Waals surface area contributed by atoms with E-state index in [0.717, 1.165) is 5.75 Å². The first-order valence-corrected chi connectivity index (χ1v) is 7.18. The maximum Gasteiger partial charge on any atom is 0.118 e. The Labute approximate surface area is 119 Å². The van der Waals surface area contributed by atoms with E-state index in [2.05, 4.69) is 43.3 Å². The predicted molar refractivity (Wildman–Crippen MR) is 81.8 cm³/mol. The van der Waals surface area contributed by atoms with Crippen LogP contribution in [-0.2, 0) is 0 Å². The lowest BCUT2D eigenvalue weighted by molar-refractivity contribution is 0.414. The fourth-order valence-corrected chi connectivity index (χ4v) is 2.94. The van der Waals surface area contributed by atoms with Crippen molar-refractivity contribution >= 4 is 11.8 Å². The van der Waals surface area contributed by atoms with Crippen molar-refractivity contribution in [3.63, 3.8) is 0 Å². The Morgan fingerprint density at radius 2 is 1.89 bits per heavy atom. The predicted octanol–water partition coefficient (Wildman–Crippen LogP) is 3.80. The van der Waals surface area contributed by atoms with E-state index in [0.29, 0.717) is 6.54 Å². The van der Waals surface area contributed by atoms with Crippen molar-refractivity contribution in [2.45, 2.75) is 17.1 Å². The molecule has 1 atom stereocenters. The highest BCUT2D eigenvalue weighted by Crippen LogP contribution is 2.35. The van der Waals surface area contributed by atoms with Gasteiger partial charge in [-0.05, 0) is 36.8 Å². The molecule has 0 radical (unpaired) electrons. The molecule has 0 aliphatic rings. The van der Waals surface area contributed by atoms with Crippen LogP contribution in [0.1, 0.15) is 16.4 Å². The van der Waals surface area contributed by atoms with E-state index in [1.165, 1.54) is 16.0 Å². The molecule has 2 aromatic rings. The molecule has 0 bridgehead atoms. The maximum atomic E-state index is 5.91. The number of thioether (sulfide) groups is 1. The third-order valence-electron chi connectivity index (χ3n) is 2.97. The molecule has 0 aliphatic heterocycles. The number of aryl methyl sites for hydroxylation is 1. The van der Waals surface area contributed by atoms with Gasteiger partial charge >= 0.3 is 0 Å². The first-order chi connectivity index (χ1) is 9.22. The molecule has 0 saturated carbocycles.